The smallest absolute Gasteiger partial charge is 0.100 e. The van der Waals surface area contributed by atoms with Crippen LogP contribution in [0, 0.1) is 0 Å². The largest absolute Gasteiger partial charge is 0.328 e. The van der Waals surface area contributed by atoms with E-state index in [-0.39, 0.29) is 24.5 Å². The zero-order valence-electron chi connectivity index (χ0n) is 15.6. The summed E-state index contributed by atoms with van der Waals surface area (Å²) in [5, 5.41) is 5.57. The van der Waals surface area contributed by atoms with Gasteiger partial charge in [0.1, 0.15) is 11.7 Å². The van der Waals surface area contributed by atoms with Crippen molar-refractivity contribution in [3.05, 3.63) is 41.3 Å². The Morgan fingerprint density at radius 3 is 2.37 bits per heavy atom. The molecule has 1 aliphatic heterocycles. The number of nitrogens with two attached hydrogens (primary N) is 1. The maximum atomic E-state index is 12.0. The first-order valence-electron chi connectivity index (χ1n) is 10.0. The van der Waals surface area contributed by atoms with Crippen LogP contribution in [-0.4, -0.2) is 31.4 Å². The Balaban J connectivity index is 0.000000190. The van der Waals surface area contributed by atoms with Crippen LogP contribution in [0.1, 0.15) is 62.6 Å². The molecule has 2 heterocycles. The van der Waals surface area contributed by atoms with Crippen LogP contribution in [0.3, 0.4) is 0 Å². The number of aromatic nitrogens is 2. The fourth-order valence-corrected chi connectivity index (χ4v) is 4.90. The zero-order chi connectivity index (χ0) is 18.8. The van der Waals surface area contributed by atoms with Crippen molar-refractivity contribution in [3.8, 4) is 0 Å². The van der Waals surface area contributed by atoms with Crippen molar-refractivity contribution in [1.82, 2.24) is 14.1 Å². The third-order valence-electron chi connectivity index (χ3n) is 5.62. The lowest BCUT2D eigenvalue weighted by Gasteiger charge is -2.33. The summed E-state index contributed by atoms with van der Waals surface area (Å²) in [4.78, 5) is 2.59. The summed E-state index contributed by atoms with van der Waals surface area (Å²) in [6.45, 7) is 2.11. The molecule has 1 aromatic heterocycles. The van der Waals surface area contributed by atoms with E-state index >= 15 is 0 Å². The molecule has 0 bridgehead atoms. The molecule has 27 heavy (non-hydrogen) atoms. The van der Waals surface area contributed by atoms with Crippen LogP contribution in [-0.2, 0) is 13.1 Å². The van der Waals surface area contributed by atoms with Crippen LogP contribution in [0.4, 0.5) is 8.78 Å². The summed E-state index contributed by atoms with van der Waals surface area (Å²) in [5.41, 5.74) is 8.84. The number of nitrogens with zero attached hydrogens (tertiary/aromatic N) is 3. The number of rotatable bonds is 3. The molecule has 0 saturated heterocycles. The Morgan fingerprint density at radius 1 is 1.04 bits per heavy atom. The van der Waals surface area contributed by atoms with Gasteiger partial charge in [-0.3, -0.25) is 4.90 Å². The van der Waals surface area contributed by atoms with Crippen LogP contribution in [0.2, 0.25) is 0 Å². The predicted octanol–water partition coefficient (Wildman–Crippen LogP) is 4.61. The molecule has 0 aromatic carbocycles. The summed E-state index contributed by atoms with van der Waals surface area (Å²) >= 11 is 1.90. The lowest BCUT2D eigenvalue weighted by molar-refractivity contribution is 0.145. The molecule has 2 atom stereocenters. The van der Waals surface area contributed by atoms with Gasteiger partial charge in [0.15, 0.2) is 0 Å². The van der Waals surface area contributed by atoms with Crippen molar-refractivity contribution in [3.63, 3.8) is 0 Å². The van der Waals surface area contributed by atoms with Crippen molar-refractivity contribution in [2.75, 3.05) is 0 Å². The van der Waals surface area contributed by atoms with Gasteiger partial charge in [-0.25, -0.2) is 12.9 Å². The highest BCUT2D eigenvalue weighted by Crippen LogP contribution is 2.36. The van der Waals surface area contributed by atoms with E-state index in [0.29, 0.717) is 12.1 Å². The van der Waals surface area contributed by atoms with Crippen LogP contribution in [0.5, 0.6) is 0 Å². The topological polar surface area (TPSA) is 47.1 Å². The highest BCUT2D eigenvalue weighted by atomic mass is 32.2. The second-order valence-electron chi connectivity index (χ2n) is 8.02. The minimum atomic E-state index is -0.230. The van der Waals surface area contributed by atoms with E-state index in [0.717, 1.165) is 18.3 Å². The third kappa shape index (κ3) is 5.21. The normalized spacial score (nSPS) is 28.1. The summed E-state index contributed by atoms with van der Waals surface area (Å²) in [6.07, 6.45) is 12.7. The van der Waals surface area contributed by atoms with Gasteiger partial charge in [-0.05, 0) is 56.2 Å². The summed E-state index contributed by atoms with van der Waals surface area (Å²) in [7, 11) is 0. The van der Waals surface area contributed by atoms with Gasteiger partial charge in [0, 0.05) is 55.0 Å². The van der Waals surface area contributed by atoms with Crippen LogP contribution >= 0.6 is 11.9 Å². The van der Waals surface area contributed by atoms with Crippen molar-refractivity contribution in [1.29, 1.82) is 0 Å². The number of fused-ring (bicyclic) bond motifs is 1. The molecule has 0 amide bonds. The molecule has 0 radical (unpaired) electrons. The van der Waals surface area contributed by atoms with E-state index in [2.05, 4.69) is 15.2 Å². The van der Waals surface area contributed by atoms with Crippen molar-refractivity contribution >= 4 is 11.9 Å². The van der Waals surface area contributed by atoms with E-state index in [9.17, 15) is 8.78 Å². The molecule has 2 fully saturated rings. The van der Waals surface area contributed by atoms with Gasteiger partial charge in [-0.1, -0.05) is 6.42 Å². The number of halogens is 2. The van der Waals surface area contributed by atoms with Gasteiger partial charge in [0.05, 0.1) is 5.69 Å². The van der Waals surface area contributed by atoms with Crippen molar-refractivity contribution in [2.24, 2.45) is 5.73 Å². The molecule has 148 valence electrons. The first-order chi connectivity index (χ1) is 13.1. The van der Waals surface area contributed by atoms with Crippen molar-refractivity contribution < 1.29 is 8.78 Å². The third-order valence-corrected chi connectivity index (χ3v) is 6.79. The van der Waals surface area contributed by atoms with Crippen LogP contribution < -0.4 is 5.73 Å². The van der Waals surface area contributed by atoms with Gasteiger partial charge >= 0.3 is 0 Å². The average Bonchev–Trinajstić information content (AvgIpc) is 3.24. The van der Waals surface area contributed by atoms with E-state index in [1.165, 1.54) is 61.9 Å². The summed E-state index contributed by atoms with van der Waals surface area (Å²) < 4.78 is 26.1. The second-order valence-corrected chi connectivity index (χ2v) is 9.27. The molecule has 0 spiro atoms. The Hall–Kier alpha value is -1.18. The quantitative estimate of drug-likeness (QED) is 0.813. The minimum absolute atomic E-state index is 0.225. The average molecular weight is 395 g/mol. The van der Waals surface area contributed by atoms with Gasteiger partial charge in [0.2, 0.25) is 0 Å². The first-order valence-corrected chi connectivity index (χ1v) is 10.9. The molecule has 3 aliphatic carbocycles. The fraction of sp³-hybridized carbons (Fsp3) is 0.650. The monoisotopic (exact) mass is 394 g/mol. The number of hydrogen-bond donors (Lipinski definition) is 1. The second kappa shape index (κ2) is 8.45. The van der Waals surface area contributed by atoms with Gasteiger partial charge < -0.3 is 5.73 Å². The molecular weight excluding hydrogens is 366 g/mol. The predicted molar refractivity (Wildman–Crippen MR) is 105 cm³/mol. The molecule has 5 rings (SSSR count). The van der Waals surface area contributed by atoms with E-state index < -0.39 is 0 Å². The lowest BCUT2D eigenvalue weighted by atomic mass is 9.91. The Morgan fingerprint density at radius 2 is 1.78 bits per heavy atom. The van der Waals surface area contributed by atoms with Crippen LogP contribution in [0.15, 0.2) is 30.0 Å². The maximum Gasteiger partial charge on any atom is 0.100 e. The van der Waals surface area contributed by atoms with E-state index in [1.54, 1.807) is 0 Å². The zero-order valence-corrected chi connectivity index (χ0v) is 16.4. The lowest BCUT2D eigenvalue weighted by Crippen LogP contribution is -2.40. The summed E-state index contributed by atoms with van der Waals surface area (Å²) in [5.74, 6) is -0.460. The molecule has 4 nitrogen and oxygen atoms in total. The standard InChI is InChI=1S/C14H22N4S.C6H6F2/c15-11-2-1-3-12(6-11)17-7-10-8-18(16-14(10)9-17)19-13-4-5-13;7-5-1-2-6(8)4-3-5/h8,11-13H,1-7,9,15H2;1-2H,3-4H2. The molecule has 2 N–H and O–H groups in total. The molecule has 1 aromatic rings. The highest BCUT2D eigenvalue weighted by molar-refractivity contribution is 7.98. The maximum absolute atomic E-state index is 12.0. The van der Waals surface area contributed by atoms with E-state index in [4.69, 9.17) is 10.8 Å². The number of allylic oxidation sites excluding steroid dienone is 4. The summed E-state index contributed by atoms with van der Waals surface area (Å²) in [6, 6.07) is 1.10. The molecular formula is C20H28F2N4S. The minimum Gasteiger partial charge on any atom is -0.328 e. The molecule has 2 saturated carbocycles. The van der Waals surface area contributed by atoms with Crippen LogP contribution in [0.25, 0.3) is 0 Å². The Bertz CT molecular complexity index is 684. The molecule has 7 heteroatoms. The molecule has 4 aliphatic rings. The SMILES string of the molecule is FC1=CC=C(F)CC1.NC1CCCC(N2Cc3cn(SC4CC4)nc3C2)C1. The van der Waals surface area contributed by atoms with Gasteiger partial charge in [-0.15, -0.1) is 0 Å². The Labute approximate surface area is 164 Å². The molecule has 2 unspecified atom stereocenters. The fourth-order valence-electron chi connectivity index (χ4n) is 3.91. The Kier molecular flexibility index (Phi) is 5.99. The number of hydrogen-bond acceptors (Lipinski definition) is 4. The van der Waals surface area contributed by atoms with Crippen molar-refractivity contribution in [2.45, 2.75) is 81.8 Å². The van der Waals surface area contributed by atoms with Gasteiger partial charge in [-0.2, -0.15) is 5.10 Å². The van der Waals surface area contributed by atoms with Gasteiger partial charge in [0.25, 0.3) is 0 Å². The highest BCUT2D eigenvalue weighted by Gasteiger charge is 2.32. The van der Waals surface area contributed by atoms with E-state index in [1.807, 2.05) is 11.9 Å². The first kappa shape index (κ1) is 19.2.